The molecule has 0 rings (SSSR count). The Kier molecular flexibility index (Phi) is 9.80. The predicted molar refractivity (Wildman–Crippen MR) is 103 cm³/mol. The molecule has 140 valence electrons. The SMILES string of the molecule is C=NCC(C[C@H](NC(=O)OC(C)(C)C)C(=O)OC(C)(C)C)SSC. The van der Waals surface area contributed by atoms with Gasteiger partial charge in [0, 0.05) is 5.25 Å². The fraction of sp³-hybridized carbons (Fsp3) is 0.812. The minimum absolute atomic E-state index is 0.0324. The number of nitrogens with one attached hydrogen (secondary N) is 1. The van der Waals surface area contributed by atoms with Gasteiger partial charge in [-0.3, -0.25) is 4.99 Å². The average molecular weight is 379 g/mol. The molecule has 0 aromatic carbocycles. The van der Waals surface area contributed by atoms with Crippen LogP contribution in [0.5, 0.6) is 0 Å². The quantitative estimate of drug-likeness (QED) is 0.394. The highest BCUT2D eigenvalue weighted by Gasteiger charge is 2.31. The van der Waals surface area contributed by atoms with Crippen LogP contribution in [0.15, 0.2) is 4.99 Å². The number of hydrogen-bond donors (Lipinski definition) is 1. The Labute approximate surface area is 153 Å². The zero-order valence-corrected chi connectivity index (χ0v) is 17.3. The Morgan fingerprint density at radius 3 is 2.08 bits per heavy atom. The second-order valence-electron chi connectivity index (χ2n) is 7.26. The zero-order chi connectivity index (χ0) is 19.0. The molecule has 0 spiro atoms. The standard InChI is InChI=1S/C16H30N2O4S2/c1-15(2,3)21-13(19)12(9-11(10-17-7)24-23-8)18-14(20)22-16(4,5)6/h11-12H,7,9-10H2,1-6,8H3,(H,18,20)/t11?,12-/m0/s1. The maximum absolute atomic E-state index is 12.4. The summed E-state index contributed by atoms with van der Waals surface area (Å²) >= 11 is 0. The summed E-state index contributed by atoms with van der Waals surface area (Å²) in [5.74, 6) is -0.482. The molecule has 1 N–H and O–H groups in total. The number of alkyl carbamates (subject to hydrolysis) is 1. The van der Waals surface area contributed by atoms with Crippen molar-refractivity contribution < 1.29 is 19.1 Å². The number of ether oxygens (including phenoxy) is 2. The van der Waals surface area contributed by atoms with Crippen molar-refractivity contribution in [1.29, 1.82) is 0 Å². The van der Waals surface area contributed by atoms with E-state index in [1.54, 1.807) is 63.1 Å². The Hall–Kier alpha value is -0.890. The molecule has 0 aromatic rings. The van der Waals surface area contributed by atoms with Crippen molar-refractivity contribution >= 4 is 40.4 Å². The van der Waals surface area contributed by atoms with E-state index in [4.69, 9.17) is 9.47 Å². The van der Waals surface area contributed by atoms with E-state index < -0.39 is 29.3 Å². The smallest absolute Gasteiger partial charge is 0.408 e. The molecule has 0 saturated heterocycles. The van der Waals surface area contributed by atoms with E-state index in [0.717, 1.165) is 0 Å². The van der Waals surface area contributed by atoms with E-state index >= 15 is 0 Å². The van der Waals surface area contributed by atoms with Gasteiger partial charge in [-0.1, -0.05) is 21.6 Å². The summed E-state index contributed by atoms with van der Waals surface area (Å²) in [7, 11) is 3.17. The molecular weight excluding hydrogens is 348 g/mol. The van der Waals surface area contributed by atoms with Gasteiger partial charge in [0.05, 0.1) is 6.54 Å². The Morgan fingerprint density at radius 1 is 1.12 bits per heavy atom. The minimum atomic E-state index is -0.800. The van der Waals surface area contributed by atoms with Crippen LogP contribution in [-0.2, 0) is 14.3 Å². The van der Waals surface area contributed by atoms with Gasteiger partial charge in [0.15, 0.2) is 0 Å². The van der Waals surface area contributed by atoms with Gasteiger partial charge in [-0.25, -0.2) is 9.59 Å². The molecular formula is C16H30N2O4S2. The van der Waals surface area contributed by atoms with Crippen LogP contribution in [0.1, 0.15) is 48.0 Å². The highest BCUT2D eigenvalue weighted by Crippen LogP contribution is 2.28. The Morgan fingerprint density at radius 2 is 1.67 bits per heavy atom. The fourth-order valence-electron chi connectivity index (χ4n) is 1.72. The van der Waals surface area contributed by atoms with Crippen LogP contribution in [0, 0.1) is 0 Å². The maximum atomic E-state index is 12.4. The summed E-state index contributed by atoms with van der Waals surface area (Å²) in [6.07, 6.45) is 1.70. The molecule has 6 nitrogen and oxygen atoms in total. The third-order valence-corrected chi connectivity index (χ3v) is 4.65. The molecule has 0 saturated carbocycles. The van der Waals surface area contributed by atoms with Crippen LogP contribution in [0.3, 0.4) is 0 Å². The largest absolute Gasteiger partial charge is 0.458 e. The highest BCUT2D eigenvalue weighted by molar-refractivity contribution is 8.76. The first-order chi connectivity index (χ1) is 10.9. The molecule has 1 amide bonds. The first-order valence-corrected chi connectivity index (χ1v) is 10.3. The van der Waals surface area contributed by atoms with Gasteiger partial charge >= 0.3 is 12.1 Å². The Balaban J connectivity index is 5.09. The van der Waals surface area contributed by atoms with Crippen LogP contribution in [0.4, 0.5) is 4.79 Å². The van der Waals surface area contributed by atoms with Gasteiger partial charge < -0.3 is 14.8 Å². The first-order valence-electron chi connectivity index (χ1n) is 7.72. The van der Waals surface area contributed by atoms with E-state index in [9.17, 15) is 9.59 Å². The van der Waals surface area contributed by atoms with Crippen LogP contribution >= 0.6 is 21.6 Å². The second-order valence-corrected chi connectivity index (χ2v) is 10.0. The molecule has 0 aliphatic heterocycles. The molecule has 0 bridgehead atoms. The van der Waals surface area contributed by atoms with E-state index in [2.05, 4.69) is 17.0 Å². The van der Waals surface area contributed by atoms with Gasteiger partial charge in [-0.05, 0) is 60.9 Å². The Bertz CT molecular complexity index is 431. The lowest BCUT2D eigenvalue weighted by atomic mass is 10.1. The van der Waals surface area contributed by atoms with E-state index in [0.29, 0.717) is 13.0 Å². The number of rotatable bonds is 8. The van der Waals surface area contributed by atoms with Crippen LogP contribution in [-0.4, -0.2) is 54.1 Å². The number of aliphatic imine (C=N–C) groups is 1. The third-order valence-electron chi connectivity index (χ3n) is 2.45. The number of carbonyl (C=O) groups is 2. The molecule has 8 heteroatoms. The summed E-state index contributed by atoms with van der Waals surface area (Å²) < 4.78 is 10.7. The zero-order valence-electron chi connectivity index (χ0n) is 15.7. The van der Waals surface area contributed by atoms with Crippen molar-refractivity contribution in [1.82, 2.24) is 5.32 Å². The fourth-order valence-corrected chi connectivity index (χ4v) is 3.67. The van der Waals surface area contributed by atoms with Crippen LogP contribution in [0.2, 0.25) is 0 Å². The topological polar surface area (TPSA) is 77.0 Å². The molecule has 2 atom stereocenters. The van der Waals surface area contributed by atoms with Gasteiger partial charge in [0.2, 0.25) is 0 Å². The van der Waals surface area contributed by atoms with Crippen molar-refractivity contribution in [2.45, 2.75) is 70.5 Å². The normalized spacial score (nSPS) is 14.5. The van der Waals surface area contributed by atoms with Gasteiger partial charge in [0.25, 0.3) is 0 Å². The molecule has 24 heavy (non-hydrogen) atoms. The number of carbonyl (C=O) groups excluding carboxylic acids is 2. The lowest BCUT2D eigenvalue weighted by molar-refractivity contribution is -0.157. The first kappa shape index (κ1) is 23.1. The molecule has 0 aliphatic rings. The molecule has 0 heterocycles. The number of hydrogen-bond acceptors (Lipinski definition) is 7. The molecule has 0 aromatic heterocycles. The summed E-state index contributed by atoms with van der Waals surface area (Å²) in [4.78, 5) is 28.4. The molecule has 0 radical (unpaired) electrons. The second kappa shape index (κ2) is 10.2. The summed E-state index contributed by atoms with van der Waals surface area (Å²) in [6.45, 7) is 14.7. The number of nitrogens with zero attached hydrogens (tertiary/aromatic N) is 1. The monoisotopic (exact) mass is 378 g/mol. The van der Waals surface area contributed by atoms with Crippen molar-refractivity contribution in [2.24, 2.45) is 4.99 Å². The van der Waals surface area contributed by atoms with Crippen molar-refractivity contribution in [3.8, 4) is 0 Å². The lowest BCUT2D eigenvalue weighted by Gasteiger charge is -2.27. The predicted octanol–water partition coefficient (Wildman–Crippen LogP) is 3.69. The third kappa shape index (κ3) is 11.6. The molecule has 0 aliphatic carbocycles. The van der Waals surface area contributed by atoms with Crippen molar-refractivity contribution in [2.75, 3.05) is 12.8 Å². The average Bonchev–Trinajstić information content (AvgIpc) is 2.34. The van der Waals surface area contributed by atoms with Gasteiger partial charge in [0.1, 0.15) is 17.2 Å². The van der Waals surface area contributed by atoms with Crippen molar-refractivity contribution in [3.63, 3.8) is 0 Å². The van der Waals surface area contributed by atoms with Gasteiger partial charge in [-0.15, -0.1) is 0 Å². The summed E-state index contributed by atoms with van der Waals surface area (Å²) in [5, 5.41) is 2.66. The number of esters is 1. The minimum Gasteiger partial charge on any atom is -0.458 e. The summed E-state index contributed by atoms with van der Waals surface area (Å²) in [5.41, 5.74) is -1.28. The molecule has 0 fully saturated rings. The highest BCUT2D eigenvalue weighted by atomic mass is 33.1. The summed E-state index contributed by atoms with van der Waals surface area (Å²) in [6, 6.07) is -0.800. The van der Waals surface area contributed by atoms with E-state index in [1.165, 1.54) is 0 Å². The number of amides is 1. The van der Waals surface area contributed by atoms with E-state index in [1.807, 2.05) is 6.26 Å². The van der Waals surface area contributed by atoms with E-state index in [-0.39, 0.29) is 5.25 Å². The maximum Gasteiger partial charge on any atom is 0.408 e. The lowest BCUT2D eigenvalue weighted by Crippen LogP contribution is -2.47. The van der Waals surface area contributed by atoms with Gasteiger partial charge in [-0.2, -0.15) is 0 Å². The van der Waals surface area contributed by atoms with Crippen molar-refractivity contribution in [3.05, 3.63) is 0 Å². The van der Waals surface area contributed by atoms with Crippen LogP contribution in [0.25, 0.3) is 0 Å². The molecule has 1 unspecified atom stereocenters. The van der Waals surface area contributed by atoms with Crippen LogP contribution < -0.4 is 5.32 Å².